The standard InChI is InChI=1S/C24H28N2O3S/c1-7-29-22(28)13-26-20-11-15(3)10-18(6)23(20)30-24(26)25-21(27)12-19-16(4)8-14(2)9-17(19)5/h8-11H,7,12-13H2,1-6H3. The van der Waals surface area contributed by atoms with Gasteiger partial charge in [-0.15, -0.1) is 0 Å². The molecule has 5 nitrogen and oxygen atoms in total. The lowest BCUT2D eigenvalue weighted by molar-refractivity contribution is -0.143. The molecule has 30 heavy (non-hydrogen) atoms. The molecule has 0 N–H and O–H groups in total. The summed E-state index contributed by atoms with van der Waals surface area (Å²) in [5.74, 6) is -0.556. The summed E-state index contributed by atoms with van der Waals surface area (Å²) in [4.78, 5) is 30.0. The van der Waals surface area contributed by atoms with Crippen LogP contribution in [0.5, 0.6) is 0 Å². The van der Waals surface area contributed by atoms with Gasteiger partial charge in [0.15, 0.2) is 4.80 Å². The van der Waals surface area contributed by atoms with Crippen molar-refractivity contribution in [1.29, 1.82) is 0 Å². The Balaban J connectivity index is 2.07. The molecule has 6 heteroatoms. The van der Waals surface area contributed by atoms with Gasteiger partial charge in [0.2, 0.25) is 0 Å². The number of ether oxygens (including phenoxy) is 1. The highest BCUT2D eigenvalue weighted by molar-refractivity contribution is 7.16. The molecule has 0 spiro atoms. The van der Waals surface area contributed by atoms with E-state index in [1.165, 1.54) is 16.9 Å². The minimum absolute atomic E-state index is 0.0332. The molecule has 0 saturated carbocycles. The second-order valence-electron chi connectivity index (χ2n) is 7.77. The lowest BCUT2D eigenvalue weighted by Gasteiger charge is -2.09. The Hall–Kier alpha value is -2.73. The fourth-order valence-electron chi connectivity index (χ4n) is 3.87. The molecule has 158 valence electrons. The number of amides is 1. The van der Waals surface area contributed by atoms with Crippen LogP contribution in [0, 0.1) is 34.6 Å². The van der Waals surface area contributed by atoms with Gasteiger partial charge in [0.1, 0.15) is 6.54 Å². The van der Waals surface area contributed by atoms with Gasteiger partial charge in [-0.2, -0.15) is 4.99 Å². The molecule has 2 aromatic carbocycles. The van der Waals surface area contributed by atoms with Gasteiger partial charge in [-0.1, -0.05) is 35.1 Å². The second-order valence-corrected chi connectivity index (χ2v) is 8.74. The maximum Gasteiger partial charge on any atom is 0.326 e. The van der Waals surface area contributed by atoms with Crippen molar-refractivity contribution < 1.29 is 14.3 Å². The molecule has 3 aromatic rings. The van der Waals surface area contributed by atoms with E-state index in [0.717, 1.165) is 38.0 Å². The number of aryl methyl sites for hydroxylation is 5. The van der Waals surface area contributed by atoms with Gasteiger partial charge in [-0.3, -0.25) is 9.59 Å². The summed E-state index contributed by atoms with van der Waals surface area (Å²) in [5.41, 5.74) is 7.49. The van der Waals surface area contributed by atoms with Gasteiger partial charge in [-0.25, -0.2) is 0 Å². The molecule has 1 heterocycles. The van der Waals surface area contributed by atoms with Crippen molar-refractivity contribution in [2.24, 2.45) is 4.99 Å². The maximum atomic E-state index is 12.9. The monoisotopic (exact) mass is 424 g/mol. The number of thiazole rings is 1. The highest BCUT2D eigenvalue weighted by Crippen LogP contribution is 2.24. The summed E-state index contributed by atoms with van der Waals surface area (Å²) in [6.45, 7) is 12.3. The van der Waals surface area contributed by atoms with Crippen LogP contribution in [-0.4, -0.2) is 23.1 Å². The number of hydrogen-bond donors (Lipinski definition) is 0. The summed E-state index contributed by atoms with van der Waals surface area (Å²) in [6, 6.07) is 8.29. The van der Waals surface area contributed by atoms with Crippen LogP contribution in [0.25, 0.3) is 10.2 Å². The van der Waals surface area contributed by atoms with Gasteiger partial charge >= 0.3 is 5.97 Å². The second kappa shape index (κ2) is 8.96. The molecule has 0 bridgehead atoms. The Morgan fingerprint density at radius 2 is 1.57 bits per heavy atom. The van der Waals surface area contributed by atoms with Crippen LogP contribution in [0.15, 0.2) is 29.3 Å². The summed E-state index contributed by atoms with van der Waals surface area (Å²) in [7, 11) is 0. The van der Waals surface area contributed by atoms with Crippen LogP contribution in [0.3, 0.4) is 0 Å². The van der Waals surface area contributed by atoms with Crippen LogP contribution < -0.4 is 4.80 Å². The van der Waals surface area contributed by atoms with E-state index < -0.39 is 0 Å². The van der Waals surface area contributed by atoms with Crippen LogP contribution in [-0.2, 0) is 27.3 Å². The number of carbonyl (C=O) groups excluding carboxylic acids is 2. The zero-order chi connectivity index (χ0) is 22.0. The van der Waals surface area contributed by atoms with Crippen LogP contribution >= 0.6 is 11.3 Å². The Morgan fingerprint density at radius 1 is 0.967 bits per heavy atom. The average Bonchev–Trinajstić information content (AvgIpc) is 2.96. The SMILES string of the molecule is CCOC(=O)Cn1c(=NC(=O)Cc2c(C)cc(C)cc2C)sc2c(C)cc(C)cc21. The predicted octanol–water partition coefficient (Wildman–Crippen LogP) is 4.48. The molecular weight excluding hydrogens is 396 g/mol. The third-order valence-corrected chi connectivity index (χ3v) is 6.33. The van der Waals surface area contributed by atoms with Gasteiger partial charge in [0.25, 0.3) is 5.91 Å². The van der Waals surface area contributed by atoms with Crippen molar-refractivity contribution in [3.8, 4) is 0 Å². The lowest BCUT2D eigenvalue weighted by atomic mass is 9.97. The third kappa shape index (κ3) is 4.70. The van der Waals surface area contributed by atoms with Gasteiger partial charge in [-0.05, 0) is 75.4 Å². The molecule has 0 saturated heterocycles. The topological polar surface area (TPSA) is 60.7 Å². The van der Waals surface area contributed by atoms with Crippen molar-refractivity contribution in [2.45, 2.75) is 54.5 Å². The highest BCUT2D eigenvalue weighted by Gasteiger charge is 2.15. The fourth-order valence-corrected chi connectivity index (χ4v) is 4.97. The quantitative estimate of drug-likeness (QED) is 0.568. The predicted molar refractivity (Wildman–Crippen MR) is 121 cm³/mol. The van der Waals surface area contributed by atoms with E-state index in [9.17, 15) is 9.59 Å². The maximum absolute atomic E-state index is 12.9. The van der Waals surface area contributed by atoms with E-state index in [4.69, 9.17) is 4.74 Å². The van der Waals surface area contributed by atoms with Crippen molar-refractivity contribution in [1.82, 2.24) is 4.57 Å². The number of rotatable bonds is 5. The van der Waals surface area contributed by atoms with E-state index >= 15 is 0 Å². The summed E-state index contributed by atoms with van der Waals surface area (Å²) < 4.78 is 7.96. The van der Waals surface area contributed by atoms with Gasteiger partial charge < -0.3 is 9.30 Å². The minimum Gasteiger partial charge on any atom is -0.465 e. The van der Waals surface area contributed by atoms with Crippen LogP contribution in [0.1, 0.15) is 40.3 Å². The minimum atomic E-state index is -0.338. The van der Waals surface area contributed by atoms with E-state index in [0.29, 0.717) is 11.4 Å². The first-order chi connectivity index (χ1) is 14.2. The van der Waals surface area contributed by atoms with E-state index in [-0.39, 0.29) is 24.8 Å². The first-order valence-corrected chi connectivity index (χ1v) is 10.9. The summed E-state index contributed by atoms with van der Waals surface area (Å²) in [5, 5.41) is 0. The van der Waals surface area contributed by atoms with Crippen molar-refractivity contribution >= 4 is 33.4 Å². The van der Waals surface area contributed by atoms with Crippen LogP contribution in [0.4, 0.5) is 0 Å². The molecule has 0 radical (unpaired) electrons. The van der Waals surface area contributed by atoms with Gasteiger partial charge in [0.05, 0.1) is 23.2 Å². The first-order valence-electron chi connectivity index (χ1n) is 10.1. The molecule has 0 aliphatic carbocycles. The summed E-state index contributed by atoms with van der Waals surface area (Å²) >= 11 is 1.44. The van der Waals surface area contributed by atoms with Crippen LogP contribution in [0.2, 0.25) is 0 Å². The number of carbonyl (C=O) groups is 2. The number of aromatic nitrogens is 1. The number of fused-ring (bicyclic) bond motifs is 1. The van der Waals surface area contributed by atoms with Gasteiger partial charge in [0, 0.05) is 0 Å². The smallest absolute Gasteiger partial charge is 0.326 e. The zero-order valence-electron chi connectivity index (χ0n) is 18.5. The number of benzene rings is 2. The molecule has 0 unspecified atom stereocenters. The van der Waals surface area contributed by atoms with Crippen molar-refractivity contribution in [3.63, 3.8) is 0 Å². The molecule has 0 fully saturated rings. The molecule has 1 amide bonds. The van der Waals surface area contributed by atoms with E-state index in [1.54, 1.807) is 11.5 Å². The fraction of sp³-hybridized carbons (Fsp3) is 0.375. The number of nitrogens with zero attached hydrogens (tertiary/aromatic N) is 2. The molecule has 0 aliphatic heterocycles. The van der Waals surface area contributed by atoms with E-state index in [2.05, 4.69) is 30.1 Å². The Kier molecular flexibility index (Phi) is 6.56. The Bertz CT molecular complexity index is 1180. The first kappa shape index (κ1) is 22.0. The molecular formula is C24H28N2O3S. The molecule has 0 aliphatic rings. The number of hydrogen-bond acceptors (Lipinski definition) is 4. The molecule has 1 aromatic heterocycles. The largest absolute Gasteiger partial charge is 0.465 e. The van der Waals surface area contributed by atoms with Crippen molar-refractivity contribution in [2.75, 3.05) is 6.61 Å². The third-order valence-electron chi connectivity index (χ3n) is 5.10. The average molecular weight is 425 g/mol. The Morgan fingerprint density at radius 3 is 2.20 bits per heavy atom. The lowest BCUT2D eigenvalue weighted by Crippen LogP contribution is -2.23. The number of esters is 1. The van der Waals surface area contributed by atoms with Crippen molar-refractivity contribution in [3.05, 3.63) is 62.4 Å². The summed E-state index contributed by atoms with van der Waals surface area (Å²) in [6.07, 6.45) is 0.240. The van der Waals surface area contributed by atoms with E-state index in [1.807, 2.05) is 33.8 Å². The molecule has 0 atom stereocenters. The zero-order valence-corrected chi connectivity index (χ0v) is 19.3. The highest BCUT2D eigenvalue weighted by atomic mass is 32.1. The Labute approximate surface area is 181 Å². The molecule has 3 rings (SSSR count). The normalized spacial score (nSPS) is 11.9.